The van der Waals surface area contributed by atoms with Crippen LogP contribution in [0.15, 0.2) is 51.8 Å². The SMILES string of the molecule is CCOC(=O)c1oc2ccc(S(=O)(=O)NC(CF)c3cccc(OC)c3)cc2c1C. The fraction of sp³-hybridized carbons (Fsp3) is 0.286. The molecule has 0 aliphatic carbocycles. The van der Waals surface area contributed by atoms with Crippen molar-refractivity contribution in [1.82, 2.24) is 4.72 Å². The van der Waals surface area contributed by atoms with Crippen molar-refractivity contribution in [2.75, 3.05) is 20.4 Å². The first-order chi connectivity index (χ1) is 14.3. The van der Waals surface area contributed by atoms with Gasteiger partial charge in [0.25, 0.3) is 0 Å². The molecule has 0 aliphatic heterocycles. The number of benzene rings is 2. The van der Waals surface area contributed by atoms with Crippen LogP contribution in [0.3, 0.4) is 0 Å². The molecule has 9 heteroatoms. The van der Waals surface area contributed by atoms with Crippen LogP contribution in [0, 0.1) is 6.92 Å². The summed E-state index contributed by atoms with van der Waals surface area (Å²) in [5.74, 6) is -0.108. The van der Waals surface area contributed by atoms with Crippen LogP contribution in [-0.2, 0) is 14.8 Å². The first kappa shape index (κ1) is 21.8. The number of methoxy groups -OCH3 is 1. The fourth-order valence-electron chi connectivity index (χ4n) is 3.06. The number of ether oxygens (including phenoxy) is 2. The monoisotopic (exact) mass is 435 g/mol. The van der Waals surface area contributed by atoms with E-state index in [0.29, 0.717) is 27.8 Å². The first-order valence-corrected chi connectivity index (χ1v) is 10.7. The van der Waals surface area contributed by atoms with Crippen molar-refractivity contribution in [2.24, 2.45) is 0 Å². The molecule has 0 amide bonds. The normalized spacial score (nSPS) is 12.7. The van der Waals surface area contributed by atoms with Gasteiger partial charge in [0.1, 0.15) is 18.0 Å². The number of hydrogen-bond donors (Lipinski definition) is 1. The Morgan fingerprint density at radius 3 is 2.67 bits per heavy atom. The van der Waals surface area contributed by atoms with Crippen LogP contribution in [-0.4, -0.2) is 34.8 Å². The van der Waals surface area contributed by atoms with Gasteiger partial charge in [-0.2, -0.15) is 0 Å². The Balaban J connectivity index is 1.94. The number of fused-ring (bicyclic) bond motifs is 1. The molecule has 160 valence electrons. The average Bonchev–Trinajstić information content (AvgIpc) is 3.08. The summed E-state index contributed by atoms with van der Waals surface area (Å²) in [7, 11) is -2.58. The summed E-state index contributed by atoms with van der Waals surface area (Å²) >= 11 is 0. The molecule has 1 unspecified atom stereocenters. The third-order valence-electron chi connectivity index (χ3n) is 4.63. The van der Waals surface area contributed by atoms with Crippen LogP contribution in [0.4, 0.5) is 4.39 Å². The summed E-state index contributed by atoms with van der Waals surface area (Å²) in [5.41, 5.74) is 1.25. The van der Waals surface area contributed by atoms with Crippen molar-refractivity contribution in [1.29, 1.82) is 0 Å². The maximum absolute atomic E-state index is 13.7. The number of carbonyl (C=O) groups excluding carboxylic acids is 1. The summed E-state index contributed by atoms with van der Waals surface area (Å²) in [4.78, 5) is 11.9. The minimum Gasteiger partial charge on any atom is -0.497 e. The van der Waals surface area contributed by atoms with Gasteiger partial charge in [-0.1, -0.05) is 12.1 Å². The molecule has 1 N–H and O–H groups in total. The minimum absolute atomic E-state index is 0.0207. The topological polar surface area (TPSA) is 94.8 Å². The number of alkyl halides is 1. The smallest absolute Gasteiger partial charge is 0.374 e. The third kappa shape index (κ3) is 4.31. The predicted molar refractivity (Wildman–Crippen MR) is 109 cm³/mol. The molecule has 0 radical (unpaired) electrons. The van der Waals surface area contributed by atoms with Crippen LogP contribution in [0.2, 0.25) is 0 Å². The Hall–Kier alpha value is -2.91. The second-order valence-corrected chi connectivity index (χ2v) is 8.25. The van der Waals surface area contributed by atoms with Gasteiger partial charge in [0.15, 0.2) is 0 Å². The average molecular weight is 435 g/mol. The Bertz CT molecular complexity index is 1170. The molecule has 7 nitrogen and oxygen atoms in total. The number of aryl methyl sites for hydroxylation is 1. The fourth-order valence-corrected chi connectivity index (χ4v) is 4.29. The zero-order valence-corrected chi connectivity index (χ0v) is 17.6. The maximum Gasteiger partial charge on any atom is 0.374 e. The van der Waals surface area contributed by atoms with Gasteiger partial charge >= 0.3 is 5.97 Å². The standard InChI is InChI=1S/C21H22FNO6S/c1-4-28-21(24)20-13(2)17-11-16(8-9-19(17)29-20)30(25,26)23-18(12-22)14-6-5-7-15(10-14)27-3/h5-11,18,23H,4,12H2,1-3H3. The number of rotatable bonds is 8. The first-order valence-electron chi connectivity index (χ1n) is 9.23. The van der Waals surface area contributed by atoms with E-state index in [-0.39, 0.29) is 17.3 Å². The van der Waals surface area contributed by atoms with Crippen LogP contribution in [0.5, 0.6) is 5.75 Å². The second kappa shape index (κ2) is 8.85. The van der Waals surface area contributed by atoms with E-state index in [0.717, 1.165) is 0 Å². The number of carbonyl (C=O) groups is 1. The minimum atomic E-state index is -4.06. The molecule has 1 aromatic heterocycles. The maximum atomic E-state index is 13.7. The van der Waals surface area contributed by atoms with E-state index in [1.807, 2.05) is 0 Å². The Morgan fingerprint density at radius 1 is 1.23 bits per heavy atom. The molecule has 2 aromatic carbocycles. The lowest BCUT2D eigenvalue weighted by Crippen LogP contribution is -2.30. The molecule has 1 heterocycles. The van der Waals surface area contributed by atoms with Gasteiger partial charge < -0.3 is 13.9 Å². The number of furan rings is 1. The lowest BCUT2D eigenvalue weighted by molar-refractivity contribution is 0.0491. The van der Waals surface area contributed by atoms with E-state index in [1.165, 1.54) is 25.3 Å². The summed E-state index contributed by atoms with van der Waals surface area (Å²) in [5, 5.41) is 0.458. The summed E-state index contributed by atoms with van der Waals surface area (Å²) < 4.78 is 57.4. The molecule has 30 heavy (non-hydrogen) atoms. The molecule has 0 fully saturated rings. The summed E-state index contributed by atoms with van der Waals surface area (Å²) in [6, 6.07) is 9.62. The van der Waals surface area contributed by atoms with E-state index in [1.54, 1.807) is 38.1 Å². The highest BCUT2D eigenvalue weighted by molar-refractivity contribution is 7.89. The van der Waals surface area contributed by atoms with Crippen molar-refractivity contribution in [3.05, 3.63) is 59.4 Å². The lowest BCUT2D eigenvalue weighted by Gasteiger charge is -2.17. The Kier molecular flexibility index (Phi) is 6.42. The molecule has 1 atom stereocenters. The highest BCUT2D eigenvalue weighted by atomic mass is 32.2. The second-order valence-electron chi connectivity index (χ2n) is 6.54. The van der Waals surface area contributed by atoms with E-state index in [2.05, 4.69) is 4.72 Å². The molecule has 0 saturated carbocycles. The Labute approximate surface area is 173 Å². The largest absolute Gasteiger partial charge is 0.497 e. The van der Waals surface area contributed by atoms with Crippen molar-refractivity contribution >= 4 is 27.0 Å². The highest BCUT2D eigenvalue weighted by Gasteiger charge is 2.24. The van der Waals surface area contributed by atoms with Gasteiger partial charge in [0, 0.05) is 10.9 Å². The number of nitrogens with one attached hydrogen (secondary N) is 1. The van der Waals surface area contributed by atoms with Crippen LogP contribution < -0.4 is 9.46 Å². The summed E-state index contributed by atoms with van der Waals surface area (Å²) in [6.45, 7) is 2.57. The number of sulfonamides is 1. The van der Waals surface area contributed by atoms with E-state index >= 15 is 0 Å². The zero-order chi connectivity index (χ0) is 21.9. The van der Waals surface area contributed by atoms with Crippen molar-refractivity contribution < 1.29 is 31.5 Å². The summed E-state index contributed by atoms with van der Waals surface area (Å²) in [6.07, 6.45) is 0. The number of esters is 1. The zero-order valence-electron chi connectivity index (χ0n) is 16.8. The van der Waals surface area contributed by atoms with Gasteiger partial charge in [-0.25, -0.2) is 22.3 Å². The van der Waals surface area contributed by atoms with E-state index < -0.39 is 28.7 Å². The van der Waals surface area contributed by atoms with Gasteiger partial charge in [0.2, 0.25) is 15.8 Å². The molecule has 0 aliphatic rings. The molecule has 3 aromatic rings. The van der Waals surface area contributed by atoms with Crippen LogP contribution in [0.1, 0.15) is 34.6 Å². The Morgan fingerprint density at radius 2 is 2.00 bits per heavy atom. The molecule has 0 saturated heterocycles. The molecule has 0 spiro atoms. The van der Waals surface area contributed by atoms with Gasteiger partial charge in [-0.15, -0.1) is 0 Å². The molecular weight excluding hydrogens is 413 g/mol. The quantitative estimate of drug-likeness (QED) is 0.539. The number of hydrogen-bond acceptors (Lipinski definition) is 6. The van der Waals surface area contributed by atoms with Crippen molar-refractivity contribution in [2.45, 2.75) is 24.8 Å². The van der Waals surface area contributed by atoms with Gasteiger partial charge in [0.05, 0.1) is 24.7 Å². The van der Waals surface area contributed by atoms with Crippen LogP contribution in [0.25, 0.3) is 11.0 Å². The lowest BCUT2D eigenvalue weighted by atomic mass is 10.1. The van der Waals surface area contributed by atoms with Gasteiger partial charge in [-0.05, 0) is 49.7 Å². The van der Waals surface area contributed by atoms with Crippen molar-refractivity contribution in [3.63, 3.8) is 0 Å². The predicted octanol–water partition coefficient (Wildman–Crippen LogP) is 3.92. The van der Waals surface area contributed by atoms with Crippen LogP contribution >= 0.6 is 0 Å². The molecule has 0 bridgehead atoms. The van der Waals surface area contributed by atoms with Gasteiger partial charge in [-0.3, -0.25) is 0 Å². The molecular formula is C21H22FNO6S. The van der Waals surface area contributed by atoms with Crippen molar-refractivity contribution in [3.8, 4) is 5.75 Å². The van der Waals surface area contributed by atoms with E-state index in [9.17, 15) is 17.6 Å². The van der Waals surface area contributed by atoms with E-state index in [4.69, 9.17) is 13.9 Å². The highest BCUT2D eigenvalue weighted by Crippen LogP contribution is 2.29. The molecule has 3 rings (SSSR count). The third-order valence-corrected chi connectivity index (χ3v) is 6.10. The number of halogens is 1.